The van der Waals surface area contributed by atoms with Crippen LogP contribution in [0.1, 0.15) is 59.0 Å². The van der Waals surface area contributed by atoms with Crippen LogP contribution in [-0.2, 0) is 17.6 Å². The van der Waals surface area contributed by atoms with Gasteiger partial charge in [-0.25, -0.2) is 9.97 Å². The number of aromatic hydroxyl groups is 1. The lowest BCUT2D eigenvalue weighted by Crippen LogP contribution is -2.00. The number of rotatable bonds is 13. The lowest BCUT2D eigenvalue weighted by Gasteiger charge is -2.10. The zero-order valence-corrected chi connectivity index (χ0v) is 30.2. The normalized spacial score (nSPS) is 11.4. The number of phenols is 1. The van der Waals surface area contributed by atoms with E-state index in [9.17, 15) is 5.11 Å². The number of hydrogen-bond acceptors (Lipinski definition) is 9. The number of aryl methyl sites for hydroxylation is 2. The van der Waals surface area contributed by atoms with Gasteiger partial charge in [0.05, 0.1) is 34.7 Å². The molecule has 0 saturated carbocycles. The van der Waals surface area contributed by atoms with Gasteiger partial charge in [-0.2, -0.15) is 0 Å². The van der Waals surface area contributed by atoms with Crippen LogP contribution < -0.4 is 14.2 Å². The van der Waals surface area contributed by atoms with Crippen LogP contribution in [0.2, 0.25) is 0 Å². The number of thiazole rings is 2. The fraction of sp³-hybridized carbons (Fsp3) is 0.250. The summed E-state index contributed by atoms with van der Waals surface area (Å²) in [5.74, 6) is 1.96. The molecule has 254 valence electrons. The summed E-state index contributed by atoms with van der Waals surface area (Å²) < 4.78 is 23.4. The predicted molar refractivity (Wildman–Crippen MR) is 205 cm³/mol. The van der Waals surface area contributed by atoms with Crippen LogP contribution in [0.25, 0.3) is 44.7 Å². The highest BCUT2D eigenvalue weighted by Gasteiger charge is 2.07. The second-order valence-corrected chi connectivity index (χ2v) is 13.4. The first-order chi connectivity index (χ1) is 23.9. The number of fused-ring (bicyclic) bond motifs is 2. The minimum Gasteiger partial charge on any atom is -0.504 e. The summed E-state index contributed by atoms with van der Waals surface area (Å²) in [6, 6.07) is 24.1. The summed E-state index contributed by atoms with van der Waals surface area (Å²) in [6.45, 7) is 4.58. The highest BCUT2D eigenvalue weighted by atomic mass is 32.1. The van der Waals surface area contributed by atoms with Crippen LogP contribution in [0.4, 0.5) is 0 Å². The largest absolute Gasteiger partial charge is 0.504 e. The summed E-state index contributed by atoms with van der Waals surface area (Å²) in [7, 11) is 4.76. The molecular weight excluding hydrogens is 653 g/mol. The fourth-order valence-corrected chi connectivity index (χ4v) is 7.03. The molecule has 0 spiro atoms. The van der Waals surface area contributed by atoms with Crippen molar-refractivity contribution in [2.75, 3.05) is 28.1 Å². The van der Waals surface area contributed by atoms with Gasteiger partial charge < -0.3 is 24.1 Å². The Kier molecular flexibility index (Phi) is 12.8. The maximum Gasteiger partial charge on any atom is 0.188 e. The second kappa shape index (κ2) is 17.6. The number of phenolic OH excluding ortho intramolecular Hbond substituents is 1. The van der Waals surface area contributed by atoms with Gasteiger partial charge in [0.2, 0.25) is 0 Å². The Labute approximate surface area is 296 Å². The molecule has 0 radical (unpaired) electrons. The van der Waals surface area contributed by atoms with Crippen LogP contribution in [0.15, 0.2) is 72.8 Å². The molecular formula is C40H42N2O5S2. The summed E-state index contributed by atoms with van der Waals surface area (Å²) >= 11 is 3.40. The van der Waals surface area contributed by atoms with Gasteiger partial charge in [-0.05, 0) is 95.8 Å². The molecule has 0 bridgehead atoms. The molecule has 2 aromatic heterocycles. The van der Waals surface area contributed by atoms with Gasteiger partial charge in [0, 0.05) is 7.11 Å². The van der Waals surface area contributed by atoms with Crippen molar-refractivity contribution in [2.45, 2.75) is 39.5 Å². The van der Waals surface area contributed by atoms with Crippen molar-refractivity contribution in [1.29, 1.82) is 0 Å². The number of hydrogen-bond donors (Lipinski definition) is 1. The van der Waals surface area contributed by atoms with E-state index in [0.29, 0.717) is 17.2 Å². The molecule has 0 fully saturated rings. The van der Waals surface area contributed by atoms with Crippen molar-refractivity contribution in [3.63, 3.8) is 0 Å². The van der Waals surface area contributed by atoms with Crippen molar-refractivity contribution in [1.82, 2.24) is 9.97 Å². The minimum absolute atomic E-state index is 0.146. The van der Waals surface area contributed by atoms with Crippen LogP contribution >= 0.6 is 22.7 Å². The van der Waals surface area contributed by atoms with Crippen LogP contribution in [0, 0.1) is 0 Å². The third-order valence-corrected chi connectivity index (χ3v) is 9.54. The van der Waals surface area contributed by atoms with E-state index in [1.165, 1.54) is 20.5 Å². The standard InChI is InChI=1S/C21H23NO3S.C19H19NO2S/c1-4-5-15-6-9-17-20(13-15)26-21(22-17)11-8-16-7-10-18(25-14-23-2)19(12-16)24-3;1-3-4-13-5-8-15-18(12-13)23-19(20-15)10-7-14-6-9-16(21)17(11-14)22-2/h6-13H,4-5,14H2,1-3H3;5-12,21H,3-4H2,1-2H3/b11-8+;10-7+. The number of aromatic nitrogens is 2. The van der Waals surface area contributed by atoms with E-state index >= 15 is 0 Å². The van der Waals surface area contributed by atoms with Crippen LogP contribution in [-0.4, -0.2) is 43.2 Å². The third-order valence-electron chi connectivity index (χ3n) is 7.58. The quantitative estimate of drug-likeness (QED) is 0.120. The van der Waals surface area contributed by atoms with E-state index in [0.717, 1.165) is 57.9 Å². The molecule has 7 nitrogen and oxygen atoms in total. The average Bonchev–Trinajstić information content (AvgIpc) is 3.73. The Hall–Kier alpha value is -4.70. The van der Waals surface area contributed by atoms with E-state index in [1.807, 2.05) is 48.6 Å². The molecule has 0 aliphatic carbocycles. The molecule has 0 aliphatic heterocycles. The Morgan fingerprint density at radius 3 is 1.65 bits per heavy atom. The van der Waals surface area contributed by atoms with Crippen molar-refractivity contribution in [2.24, 2.45) is 0 Å². The Morgan fingerprint density at radius 1 is 0.612 bits per heavy atom. The van der Waals surface area contributed by atoms with Gasteiger partial charge in [-0.1, -0.05) is 63.1 Å². The first kappa shape index (κ1) is 35.6. The van der Waals surface area contributed by atoms with Crippen molar-refractivity contribution < 1.29 is 24.1 Å². The zero-order valence-electron chi connectivity index (χ0n) is 28.6. The molecule has 49 heavy (non-hydrogen) atoms. The molecule has 0 amide bonds. The van der Waals surface area contributed by atoms with E-state index in [4.69, 9.17) is 18.9 Å². The molecule has 2 heterocycles. The molecule has 9 heteroatoms. The summed E-state index contributed by atoms with van der Waals surface area (Å²) in [5, 5.41) is 11.6. The van der Waals surface area contributed by atoms with Gasteiger partial charge in [0.25, 0.3) is 0 Å². The number of ether oxygens (including phenoxy) is 4. The van der Waals surface area contributed by atoms with Gasteiger partial charge >= 0.3 is 0 Å². The molecule has 0 saturated heterocycles. The van der Waals surface area contributed by atoms with Gasteiger partial charge in [-0.3, -0.25) is 0 Å². The summed E-state index contributed by atoms with van der Waals surface area (Å²) in [6.07, 6.45) is 12.6. The highest BCUT2D eigenvalue weighted by molar-refractivity contribution is 7.19. The molecule has 6 rings (SSSR count). The fourth-order valence-electron chi connectivity index (χ4n) is 5.17. The van der Waals surface area contributed by atoms with Crippen molar-refractivity contribution in [3.05, 3.63) is 105 Å². The van der Waals surface area contributed by atoms with E-state index < -0.39 is 0 Å². The predicted octanol–water partition coefficient (Wildman–Crippen LogP) is 10.5. The highest BCUT2D eigenvalue weighted by Crippen LogP contribution is 2.31. The van der Waals surface area contributed by atoms with E-state index in [-0.39, 0.29) is 12.5 Å². The van der Waals surface area contributed by atoms with Gasteiger partial charge in [-0.15, -0.1) is 22.7 Å². The molecule has 1 N–H and O–H groups in total. The SMILES string of the molecule is CCCc1ccc2nc(/C=C/c3ccc(O)c(OC)c3)sc2c1.CCCc1ccc2nc(/C=C/c3ccc(OCOC)c(OC)c3)sc2c1. The topological polar surface area (TPSA) is 82.9 Å². The van der Waals surface area contributed by atoms with Gasteiger partial charge in [0.15, 0.2) is 29.8 Å². The Morgan fingerprint density at radius 2 is 1.14 bits per heavy atom. The van der Waals surface area contributed by atoms with E-state index in [2.05, 4.69) is 60.2 Å². The maximum absolute atomic E-state index is 9.63. The Bertz CT molecular complexity index is 2050. The van der Waals surface area contributed by atoms with Crippen LogP contribution in [0.5, 0.6) is 23.0 Å². The van der Waals surface area contributed by atoms with Crippen molar-refractivity contribution in [3.8, 4) is 23.0 Å². The zero-order chi connectivity index (χ0) is 34.6. The maximum atomic E-state index is 9.63. The summed E-state index contributed by atoms with van der Waals surface area (Å²) in [4.78, 5) is 9.33. The molecule has 4 aromatic carbocycles. The average molecular weight is 695 g/mol. The minimum atomic E-state index is 0.146. The van der Waals surface area contributed by atoms with E-state index in [1.54, 1.807) is 56.1 Å². The number of benzene rings is 4. The number of methoxy groups -OCH3 is 3. The third kappa shape index (κ3) is 9.69. The van der Waals surface area contributed by atoms with Crippen molar-refractivity contribution >= 4 is 67.4 Å². The lowest BCUT2D eigenvalue weighted by atomic mass is 10.1. The molecule has 6 aromatic rings. The molecule has 0 aliphatic rings. The second-order valence-electron chi connectivity index (χ2n) is 11.3. The van der Waals surface area contributed by atoms with Crippen LogP contribution in [0.3, 0.4) is 0 Å². The van der Waals surface area contributed by atoms with Gasteiger partial charge in [0.1, 0.15) is 10.0 Å². The lowest BCUT2D eigenvalue weighted by molar-refractivity contribution is 0.0491. The summed E-state index contributed by atoms with van der Waals surface area (Å²) in [5.41, 5.74) is 6.81. The molecule has 0 unspecified atom stereocenters. The molecule has 0 atom stereocenters. The first-order valence-corrected chi connectivity index (χ1v) is 17.9. The smallest absolute Gasteiger partial charge is 0.188 e. The first-order valence-electron chi connectivity index (χ1n) is 16.2. The Balaban J connectivity index is 0.000000192. The monoisotopic (exact) mass is 694 g/mol. The number of nitrogens with zero attached hydrogens (tertiary/aromatic N) is 2.